The Morgan fingerprint density at radius 2 is 1.06 bits per heavy atom. The average Bonchev–Trinajstić information content (AvgIpc) is 2.31. The lowest BCUT2D eigenvalue weighted by atomic mass is 9.90. The second-order valence-electron chi connectivity index (χ2n) is 5.39. The van der Waals surface area contributed by atoms with Crippen LogP contribution in [0.4, 0.5) is 0 Å². The van der Waals surface area contributed by atoms with Gasteiger partial charge in [-0.05, 0) is 32.1 Å². The van der Waals surface area contributed by atoms with Gasteiger partial charge in [0, 0.05) is 25.7 Å². The van der Waals surface area contributed by atoms with Crippen LogP contribution >= 0.6 is 0 Å². The van der Waals surface area contributed by atoms with E-state index in [-0.39, 0.29) is 11.6 Å². The maximum Gasteiger partial charge on any atom is 0.171 e. The van der Waals surface area contributed by atoms with Gasteiger partial charge in [-0.1, -0.05) is 0 Å². The van der Waals surface area contributed by atoms with Crippen molar-refractivity contribution in [2.24, 2.45) is 0 Å². The fourth-order valence-electron chi connectivity index (χ4n) is 3.28. The Hall–Kier alpha value is -0.120. The van der Waals surface area contributed by atoms with Crippen molar-refractivity contribution in [2.75, 3.05) is 13.2 Å². The summed E-state index contributed by atoms with van der Waals surface area (Å²) in [6.45, 7) is 1.71. The second-order valence-corrected chi connectivity index (χ2v) is 5.39. The van der Waals surface area contributed by atoms with Gasteiger partial charge >= 0.3 is 0 Å². The molecule has 3 aliphatic rings. The van der Waals surface area contributed by atoms with Crippen LogP contribution in [-0.4, -0.2) is 24.8 Å². The molecular formula is C13H22O3. The lowest BCUT2D eigenvalue weighted by Gasteiger charge is -2.50. The summed E-state index contributed by atoms with van der Waals surface area (Å²) < 4.78 is 18.2. The van der Waals surface area contributed by atoms with E-state index in [1.807, 2.05) is 0 Å². The molecule has 0 aliphatic carbocycles. The van der Waals surface area contributed by atoms with E-state index in [0.29, 0.717) is 0 Å². The van der Waals surface area contributed by atoms with Crippen LogP contribution in [0.25, 0.3) is 0 Å². The van der Waals surface area contributed by atoms with Crippen LogP contribution in [0.5, 0.6) is 0 Å². The van der Waals surface area contributed by atoms with Crippen LogP contribution in [0.1, 0.15) is 57.8 Å². The minimum absolute atomic E-state index is 0.298. The van der Waals surface area contributed by atoms with E-state index in [0.717, 1.165) is 38.9 Å². The van der Waals surface area contributed by atoms with E-state index >= 15 is 0 Å². The number of hydrogen-bond donors (Lipinski definition) is 0. The van der Waals surface area contributed by atoms with Gasteiger partial charge in [0.2, 0.25) is 0 Å². The van der Waals surface area contributed by atoms with E-state index in [9.17, 15) is 0 Å². The minimum atomic E-state index is -0.298. The summed E-state index contributed by atoms with van der Waals surface area (Å²) >= 11 is 0. The fraction of sp³-hybridized carbons (Fsp3) is 1.00. The lowest BCUT2D eigenvalue weighted by molar-refractivity contribution is -0.396. The highest BCUT2D eigenvalue weighted by molar-refractivity contribution is 4.86. The highest BCUT2D eigenvalue weighted by atomic mass is 16.8. The predicted octanol–water partition coefficient (Wildman–Crippen LogP) is 2.98. The molecule has 3 saturated heterocycles. The van der Waals surface area contributed by atoms with Crippen molar-refractivity contribution < 1.29 is 14.2 Å². The van der Waals surface area contributed by atoms with Crippen molar-refractivity contribution in [3.63, 3.8) is 0 Å². The zero-order valence-electron chi connectivity index (χ0n) is 10.0. The average molecular weight is 226 g/mol. The molecule has 2 atom stereocenters. The van der Waals surface area contributed by atoms with Crippen LogP contribution in [0.3, 0.4) is 0 Å². The van der Waals surface area contributed by atoms with Crippen molar-refractivity contribution in [3.8, 4) is 0 Å². The number of ether oxygens (including phenoxy) is 3. The summed E-state index contributed by atoms with van der Waals surface area (Å²) in [7, 11) is 0. The molecule has 0 aromatic heterocycles. The molecule has 0 unspecified atom stereocenters. The van der Waals surface area contributed by atoms with Gasteiger partial charge in [-0.3, -0.25) is 0 Å². The molecule has 3 rings (SSSR count). The number of rotatable bonds is 0. The highest BCUT2D eigenvalue weighted by Gasteiger charge is 2.48. The van der Waals surface area contributed by atoms with Gasteiger partial charge in [0.05, 0.1) is 13.2 Å². The summed E-state index contributed by atoms with van der Waals surface area (Å²) in [6.07, 6.45) is 10.2. The Bertz CT molecular complexity index is 205. The quantitative estimate of drug-likeness (QED) is 0.635. The van der Waals surface area contributed by atoms with Gasteiger partial charge in [0.15, 0.2) is 11.6 Å². The molecule has 3 aliphatic heterocycles. The Balaban J connectivity index is 1.72. The highest BCUT2D eigenvalue weighted by Crippen LogP contribution is 2.45. The van der Waals surface area contributed by atoms with E-state index in [1.54, 1.807) is 0 Å². The first-order valence-electron chi connectivity index (χ1n) is 6.81. The monoisotopic (exact) mass is 226 g/mol. The summed E-state index contributed by atoms with van der Waals surface area (Å²) in [4.78, 5) is 0. The standard InChI is InChI=1S/C13H22O3/c1-3-10-14-12(6-1)8-5-9-13(16-12)7-2-4-11-15-13/h1-11H2/t12-,13-/m1/s1. The van der Waals surface area contributed by atoms with E-state index in [2.05, 4.69) is 0 Å². The molecule has 16 heavy (non-hydrogen) atoms. The van der Waals surface area contributed by atoms with Gasteiger partial charge < -0.3 is 14.2 Å². The number of hydrogen-bond acceptors (Lipinski definition) is 3. The van der Waals surface area contributed by atoms with Crippen molar-refractivity contribution in [1.82, 2.24) is 0 Å². The van der Waals surface area contributed by atoms with Crippen molar-refractivity contribution in [2.45, 2.75) is 69.4 Å². The van der Waals surface area contributed by atoms with E-state index < -0.39 is 0 Å². The molecule has 92 valence electrons. The zero-order chi connectivity index (χ0) is 10.9. The Kier molecular flexibility index (Phi) is 2.94. The third kappa shape index (κ3) is 2.01. The van der Waals surface area contributed by atoms with Gasteiger partial charge in [-0.25, -0.2) is 0 Å². The molecule has 0 bridgehead atoms. The predicted molar refractivity (Wildman–Crippen MR) is 60.0 cm³/mol. The molecule has 0 N–H and O–H groups in total. The van der Waals surface area contributed by atoms with Crippen LogP contribution in [0, 0.1) is 0 Å². The lowest BCUT2D eigenvalue weighted by Crippen LogP contribution is -2.53. The molecule has 0 aromatic carbocycles. The largest absolute Gasteiger partial charge is 0.350 e. The Morgan fingerprint density at radius 3 is 1.50 bits per heavy atom. The fourth-order valence-corrected chi connectivity index (χ4v) is 3.28. The molecule has 0 amide bonds. The topological polar surface area (TPSA) is 27.7 Å². The van der Waals surface area contributed by atoms with Crippen LogP contribution in [-0.2, 0) is 14.2 Å². The normalized spacial score (nSPS) is 45.0. The van der Waals surface area contributed by atoms with Gasteiger partial charge in [-0.2, -0.15) is 0 Å². The molecule has 0 saturated carbocycles. The van der Waals surface area contributed by atoms with Gasteiger partial charge in [-0.15, -0.1) is 0 Å². The third-order valence-corrected chi connectivity index (χ3v) is 4.12. The Labute approximate surface area is 97.4 Å². The molecule has 2 spiro atoms. The van der Waals surface area contributed by atoms with Crippen molar-refractivity contribution >= 4 is 0 Å². The third-order valence-electron chi connectivity index (χ3n) is 4.12. The smallest absolute Gasteiger partial charge is 0.171 e. The molecule has 3 nitrogen and oxygen atoms in total. The first kappa shape index (κ1) is 11.0. The van der Waals surface area contributed by atoms with Crippen molar-refractivity contribution in [1.29, 1.82) is 0 Å². The molecule has 3 heteroatoms. The molecular weight excluding hydrogens is 204 g/mol. The van der Waals surface area contributed by atoms with Crippen molar-refractivity contribution in [3.05, 3.63) is 0 Å². The maximum atomic E-state index is 6.30. The summed E-state index contributed by atoms with van der Waals surface area (Å²) in [5.74, 6) is -0.596. The van der Waals surface area contributed by atoms with Gasteiger partial charge in [0.25, 0.3) is 0 Å². The molecule has 3 heterocycles. The van der Waals surface area contributed by atoms with Crippen LogP contribution in [0.2, 0.25) is 0 Å². The van der Waals surface area contributed by atoms with Crippen LogP contribution in [0.15, 0.2) is 0 Å². The maximum absolute atomic E-state index is 6.30. The minimum Gasteiger partial charge on any atom is -0.350 e. The first-order valence-corrected chi connectivity index (χ1v) is 6.81. The Morgan fingerprint density at radius 1 is 0.562 bits per heavy atom. The molecule has 0 radical (unpaired) electrons. The second kappa shape index (κ2) is 4.28. The molecule has 3 fully saturated rings. The summed E-state index contributed by atoms with van der Waals surface area (Å²) in [5, 5.41) is 0. The zero-order valence-corrected chi connectivity index (χ0v) is 10.0. The first-order chi connectivity index (χ1) is 7.83. The van der Waals surface area contributed by atoms with E-state index in [1.165, 1.54) is 32.1 Å². The van der Waals surface area contributed by atoms with E-state index in [4.69, 9.17) is 14.2 Å². The van der Waals surface area contributed by atoms with Crippen LogP contribution < -0.4 is 0 Å². The summed E-state index contributed by atoms with van der Waals surface area (Å²) in [6, 6.07) is 0. The molecule has 0 aromatic rings. The summed E-state index contributed by atoms with van der Waals surface area (Å²) in [5.41, 5.74) is 0. The SMILES string of the molecule is C1CC[C@@]2(CCC[C@@]3(CCCCO3)O2)OC1. The van der Waals surface area contributed by atoms with Gasteiger partial charge in [0.1, 0.15) is 0 Å².